The van der Waals surface area contributed by atoms with Crippen molar-refractivity contribution in [3.8, 4) is 10.6 Å². The second kappa shape index (κ2) is 7.29. The predicted octanol–water partition coefficient (Wildman–Crippen LogP) is 3.21. The number of aromatic nitrogens is 2. The SMILES string of the molecule is O=C(Cc1ccc(F)cc1)NC1CCN(c2cc(-c3cccs3)[nH]n2)C1. The van der Waals surface area contributed by atoms with Crippen LogP contribution in [0.3, 0.4) is 0 Å². The van der Waals surface area contributed by atoms with Crippen LogP contribution in [0.4, 0.5) is 10.2 Å². The summed E-state index contributed by atoms with van der Waals surface area (Å²) in [7, 11) is 0. The molecule has 0 radical (unpaired) electrons. The molecule has 3 aromatic rings. The van der Waals surface area contributed by atoms with Gasteiger partial charge < -0.3 is 10.2 Å². The minimum atomic E-state index is -0.290. The molecule has 0 saturated carbocycles. The molecule has 1 aromatic carbocycles. The van der Waals surface area contributed by atoms with Crippen LogP contribution in [-0.2, 0) is 11.2 Å². The van der Waals surface area contributed by atoms with E-state index in [0.29, 0.717) is 0 Å². The van der Waals surface area contributed by atoms with Crippen molar-refractivity contribution in [2.45, 2.75) is 18.9 Å². The summed E-state index contributed by atoms with van der Waals surface area (Å²) >= 11 is 1.67. The molecule has 1 aliphatic rings. The Labute approximate surface area is 154 Å². The van der Waals surface area contributed by atoms with Crippen molar-refractivity contribution in [1.82, 2.24) is 15.5 Å². The number of nitrogens with zero attached hydrogens (tertiary/aromatic N) is 2. The van der Waals surface area contributed by atoms with E-state index in [-0.39, 0.29) is 24.2 Å². The van der Waals surface area contributed by atoms with Gasteiger partial charge >= 0.3 is 0 Å². The number of amides is 1. The Morgan fingerprint density at radius 1 is 1.35 bits per heavy atom. The van der Waals surface area contributed by atoms with Gasteiger partial charge in [-0.2, -0.15) is 5.10 Å². The van der Waals surface area contributed by atoms with Crippen LogP contribution in [-0.4, -0.2) is 35.2 Å². The molecule has 1 saturated heterocycles. The van der Waals surface area contributed by atoms with E-state index in [1.165, 1.54) is 12.1 Å². The van der Waals surface area contributed by atoms with E-state index >= 15 is 0 Å². The van der Waals surface area contributed by atoms with Gasteiger partial charge in [0.25, 0.3) is 0 Å². The van der Waals surface area contributed by atoms with Crippen LogP contribution in [0.25, 0.3) is 10.6 Å². The molecule has 1 atom stereocenters. The van der Waals surface area contributed by atoms with Crippen LogP contribution in [0, 0.1) is 5.82 Å². The molecule has 1 amide bonds. The van der Waals surface area contributed by atoms with Crippen LogP contribution < -0.4 is 10.2 Å². The van der Waals surface area contributed by atoms with Crippen LogP contribution >= 0.6 is 11.3 Å². The summed E-state index contributed by atoms with van der Waals surface area (Å²) in [4.78, 5) is 15.5. The van der Waals surface area contributed by atoms with Gasteiger partial charge in [0.2, 0.25) is 5.91 Å². The highest BCUT2D eigenvalue weighted by atomic mass is 32.1. The number of anilines is 1. The second-order valence-corrected chi connectivity index (χ2v) is 7.37. The molecule has 134 valence electrons. The monoisotopic (exact) mass is 370 g/mol. The molecule has 1 fully saturated rings. The van der Waals surface area contributed by atoms with Crippen LogP contribution in [0.5, 0.6) is 0 Å². The van der Waals surface area contributed by atoms with Crippen molar-refractivity contribution in [3.05, 3.63) is 59.2 Å². The topological polar surface area (TPSA) is 61.0 Å². The van der Waals surface area contributed by atoms with Crippen molar-refractivity contribution in [2.24, 2.45) is 0 Å². The molecule has 1 aliphatic heterocycles. The fourth-order valence-corrected chi connectivity index (χ4v) is 3.88. The van der Waals surface area contributed by atoms with E-state index < -0.39 is 0 Å². The fraction of sp³-hybridized carbons (Fsp3) is 0.263. The lowest BCUT2D eigenvalue weighted by Gasteiger charge is -2.16. The molecule has 7 heteroatoms. The third-order valence-electron chi connectivity index (χ3n) is 4.51. The summed E-state index contributed by atoms with van der Waals surface area (Å²) in [5.41, 5.74) is 1.82. The summed E-state index contributed by atoms with van der Waals surface area (Å²) in [6, 6.07) is 12.3. The number of carbonyl (C=O) groups is 1. The maximum atomic E-state index is 12.9. The van der Waals surface area contributed by atoms with Gasteiger partial charge in [-0.25, -0.2) is 4.39 Å². The number of thiophene rings is 1. The summed E-state index contributed by atoms with van der Waals surface area (Å²) < 4.78 is 12.9. The largest absolute Gasteiger partial charge is 0.353 e. The summed E-state index contributed by atoms with van der Waals surface area (Å²) in [5, 5.41) is 12.6. The molecule has 3 heterocycles. The van der Waals surface area contributed by atoms with Gasteiger partial charge in [0.1, 0.15) is 5.82 Å². The van der Waals surface area contributed by atoms with E-state index in [0.717, 1.165) is 41.5 Å². The lowest BCUT2D eigenvalue weighted by Crippen LogP contribution is -2.38. The Balaban J connectivity index is 1.32. The Bertz CT molecular complexity index is 875. The average molecular weight is 370 g/mol. The fourth-order valence-electron chi connectivity index (χ4n) is 3.18. The number of nitrogens with one attached hydrogen (secondary N) is 2. The van der Waals surface area contributed by atoms with Gasteiger partial charge in [-0.05, 0) is 35.6 Å². The summed E-state index contributed by atoms with van der Waals surface area (Å²) in [6.45, 7) is 1.60. The molecule has 4 rings (SSSR count). The first kappa shape index (κ1) is 16.8. The quantitative estimate of drug-likeness (QED) is 0.725. The lowest BCUT2D eigenvalue weighted by atomic mass is 10.1. The Kier molecular flexibility index (Phi) is 4.71. The van der Waals surface area contributed by atoms with Crippen LogP contribution in [0.15, 0.2) is 47.8 Å². The summed E-state index contributed by atoms with van der Waals surface area (Å²) in [6.07, 6.45) is 1.15. The Morgan fingerprint density at radius 2 is 2.19 bits per heavy atom. The van der Waals surface area contributed by atoms with Crippen molar-refractivity contribution >= 4 is 23.1 Å². The number of carbonyl (C=O) groups excluding carboxylic acids is 1. The zero-order valence-electron chi connectivity index (χ0n) is 14.1. The molecule has 0 spiro atoms. The lowest BCUT2D eigenvalue weighted by molar-refractivity contribution is -0.121. The number of benzene rings is 1. The molecule has 0 aliphatic carbocycles. The summed E-state index contributed by atoms with van der Waals surface area (Å²) in [5.74, 6) is 0.579. The molecule has 1 unspecified atom stereocenters. The number of aromatic amines is 1. The molecule has 5 nitrogen and oxygen atoms in total. The van der Waals surface area contributed by atoms with E-state index in [4.69, 9.17) is 0 Å². The van der Waals surface area contributed by atoms with Crippen LogP contribution in [0.2, 0.25) is 0 Å². The zero-order valence-corrected chi connectivity index (χ0v) is 14.9. The van der Waals surface area contributed by atoms with Gasteiger partial charge in [-0.1, -0.05) is 18.2 Å². The van der Waals surface area contributed by atoms with E-state index in [2.05, 4.69) is 32.5 Å². The maximum Gasteiger partial charge on any atom is 0.224 e. The third kappa shape index (κ3) is 3.77. The van der Waals surface area contributed by atoms with Crippen molar-refractivity contribution in [2.75, 3.05) is 18.0 Å². The molecule has 0 bridgehead atoms. The van der Waals surface area contributed by atoms with Gasteiger partial charge in [0.15, 0.2) is 5.82 Å². The van der Waals surface area contributed by atoms with Gasteiger partial charge in [0.05, 0.1) is 17.0 Å². The van der Waals surface area contributed by atoms with Gasteiger partial charge in [-0.15, -0.1) is 11.3 Å². The number of H-pyrrole nitrogens is 1. The standard InChI is InChI=1S/C19H19FN4OS/c20-14-5-3-13(4-6-14)10-19(25)21-15-7-8-24(12-15)18-11-16(22-23-18)17-2-1-9-26-17/h1-6,9,11,15H,7-8,10,12H2,(H,21,25)(H,22,23). The van der Waals surface area contributed by atoms with Gasteiger partial charge in [-0.3, -0.25) is 9.89 Å². The highest BCUT2D eigenvalue weighted by molar-refractivity contribution is 7.13. The number of hydrogen-bond donors (Lipinski definition) is 2. The normalized spacial score (nSPS) is 16.8. The van der Waals surface area contributed by atoms with E-state index in [1.807, 2.05) is 11.4 Å². The zero-order chi connectivity index (χ0) is 17.9. The highest BCUT2D eigenvalue weighted by Crippen LogP contribution is 2.27. The van der Waals surface area contributed by atoms with Gasteiger partial charge in [0, 0.05) is 25.2 Å². The molecule has 2 N–H and O–H groups in total. The second-order valence-electron chi connectivity index (χ2n) is 6.42. The number of rotatable bonds is 5. The van der Waals surface area contributed by atoms with Crippen LogP contribution in [0.1, 0.15) is 12.0 Å². The molecular weight excluding hydrogens is 351 g/mol. The molecular formula is C19H19FN4OS. The minimum Gasteiger partial charge on any atom is -0.353 e. The first-order valence-electron chi connectivity index (χ1n) is 8.55. The van der Waals surface area contributed by atoms with E-state index in [9.17, 15) is 9.18 Å². The average Bonchev–Trinajstić information content (AvgIpc) is 3.37. The smallest absolute Gasteiger partial charge is 0.224 e. The first-order chi connectivity index (χ1) is 12.7. The number of halogens is 1. The van der Waals surface area contributed by atoms with E-state index in [1.54, 1.807) is 23.5 Å². The predicted molar refractivity (Wildman–Crippen MR) is 101 cm³/mol. The van der Waals surface area contributed by atoms with Crippen molar-refractivity contribution in [3.63, 3.8) is 0 Å². The van der Waals surface area contributed by atoms with Crippen molar-refractivity contribution < 1.29 is 9.18 Å². The van der Waals surface area contributed by atoms with Crippen molar-refractivity contribution in [1.29, 1.82) is 0 Å². The maximum absolute atomic E-state index is 12.9. The Morgan fingerprint density at radius 3 is 2.96 bits per heavy atom. The third-order valence-corrected chi connectivity index (χ3v) is 5.41. The molecule has 26 heavy (non-hydrogen) atoms. The minimum absolute atomic E-state index is 0.0373. The number of hydrogen-bond acceptors (Lipinski definition) is 4. The Hall–Kier alpha value is -2.67. The molecule has 2 aromatic heterocycles. The highest BCUT2D eigenvalue weighted by Gasteiger charge is 2.25. The first-order valence-corrected chi connectivity index (χ1v) is 9.43.